The standard InChI is InChI=1S/C12H16Cl2N4O/c1-2-18-4-3-8(7-18)6-15-12(19)9-5-10(13)16-17-11(9)14/h5,8H,2-4,6-7H2,1H3,(H,15,19). The number of aromatic nitrogens is 2. The van der Waals surface area contributed by atoms with Crippen LogP contribution in [0.5, 0.6) is 0 Å². The SMILES string of the molecule is CCN1CCC(CNC(=O)c2cc(Cl)nnc2Cl)C1. The molecule has 1 fully saturated rings. The van der Waals surface area contributed by atoms with E-state index in [-0.39, 0.29) is 21.8 Å². The Hall–Kier alpha value is -0.910. The van der Waals surface area contributed by atoms with Gasteiger partial charge in [0.2, 0.25) is 0 Å². The van der Waals surface area contributed by atoms with E-state index >= 15 is 0 Å². The van der Waals surface area contributed by atoms with Crippen molar-refractivity contribution in [3.05, 3.63) is 21.9 Å². The lowest BCUT2D eigenvalue weighted by molar-refractivity contribution is 0.0947. The van der Waals surface area contributed by atoms with Crippen molar-refractivity contribution in [1.29, 1.82) is 0 Å². The number of hydrogen-bond donors (Lipinski definition) is 1. The normalized spacial score (nSPS) is 19.6. The molecule has 19 heavy (non-hydrogen) atoms. The zero-order chi connectivity index (χ0) is 13.8. The van der Waals surface area contributed by atoms with Crippen molar-refractivity contribution in [2.45, 2.75) is 13.3 Å². The summed E-state index contributed by atoms with van der Waals surface area (Å²) in [5.41, 5.74) is 0.270. The van der Waals surface area contributed by atoms with Crippen LogP contribution >= 0.6 is 23.2 Å². The Kier molecular flexibility index (Phi) is 4.96. The quantitative estimate of drug-likeness (QED) is 0.922. The van der Waals surface area contributed by atoms with Gasteiger partial charge in [-0.05, 0) is 31.5 Å². The maximum Gasteiger partial charge on any atom is 0.254 e. The van der Waals surface area contributed by atoms with Crippen molar-refractivity contribution in [2.75, 3.05) is 26.2 Å². The molecule has 104 valence electrons. The highest BCUT2D eigenvalue weighted by Crippen LogP contribution is 2.17. The summed E-state index contributed by atoms with van der Waals surface area (Å²) < 4.78 is 0. The van der Waals surface area contributed by atoms with Gasteiger partial charge in [-0.25, -0.2) is 0 Å². The number of rotatable bonds is 4. The molecule has 0 spiro atoms. The van der Waals surface area contributed by atoms with Gasteiger partial charge >= 0.3 is 0 Å². The molecule has 2 rings (SSSR count). The molecule has 1 aliphatic rings. The molecular formula is C12H16Cl2N4O. The summed E-state index contributed by atoms with van der Waals surface area (Å²) in [6.45, 7) is 5.97. The van der Waals surface area contributed by atoms with Gasteiger partial charge in [0.15, 0.2) is 10.3 Å². The molecule has 1 N–H and O–H groups in total. The van der Waals surface area contributed by atoms with E-state index in [4.69, 9.17) is 23.2 Å². The maximum atomic E-state index is 12.0. The Morgan fingerprint density at radius 3 is 3.00 bits per heavy atom. The van der Waals surface area contributed by atoms with Crippen LogP contribution in [0.3, 0.4) is 0 Å². The Balaban J connectivity index is 1.89. The number of likely N-dealkylation sites (tertiary alicyclic amines) is 1. The molecule has 1 aromatic rings. The molecule has 0 bridgehead atoms. The molecule has 7 heteroatoms. The van der Waals surface area contributed by atoms with E-state index in [0.29, 0.717) is 12.5 Å². The van der Waals surface area contributed by atoms with E-state index in [2.05, 4.69) is 27.3 Å². The molecule has 1 atom stereocenters. The van der Waals surface area contributed by atoms with Gasteiger partial charge in [0, 0.05) is 13.1 Å². The van der Waals surface area contributed by atoms with E-state index in [1.54, 1.807) is 0 Å². The van der Waals surface area contributed by atoms with E-state index in [0.717, 1.165) is 26.1 Å². The first kappa shape index (κ1) is 14.5. The number of halogens is 2. The molecule has 2 heterocycles. The Bertz CT molecular complexity index is 469. The fraction of sp³-hybridized carbons (Fsp3) is 0.583. The Labute approximate surface area is 122 Å². The highest BCUT2D eigenvalue weighted by molar-refractivity contribution is 6.34. The van der Waals surface area contributed by atoms with Gasteiger partial charge in [-0.15, -0.1) is 10.2 Å². The van der Waals surface area contributed by atoms with Crippen molar-refractivity contribution in [3.8, 4) is 0 Å². The zero-order valence-electron chi connectivity index (χ0n) is 10.7. The van der Waals surface area contributed by atoms with E-state index < -0.39 is 0 Å². The number of nitrogens with one attached hydrogen (secondary N) is 1. The second kappa shape index (κ2) is 6.50. The van der Waals surface area contributed by atoms with Crippen LogP contribution in [0.4, 0.5) is 0 Å². The van der Waals surface area contributed by atoms with Gasteiger partial charge in [-0.2, -0.15) is 0 Å². The minimum absolute atomic E-state index is 0.0727. The highest BCUT2D eigenvalue weighted by Gasteiger charge is 2.22. The highest BCUT2D eigenvalue weighted by atomic mass is 35.5. The molecule has 1 amide bonds. The molecule has 1 aromatic heterocycles. The summed E-state index contributed by atoms with van der Waals surface area (Å²) >= 11 is 11.5. The van der Waals surface area contributed by atoms with Crippen molar-refractivity contribution < 1.29 is 4.79 Å². The third-order valence-electron chi connectivity index (χ3n) is 3.33. The second-order valence-corrected chi connectivity index (χ2v) is 5.37. The number of amides is 1. The van der Waals surface area contributed by atoms with Crippen LogP contribution in [0.1, 0.15) is 23.7 Å². The third kappa shape index (κ3) is 3.78. The summed E-state index contributed by atoms with van der Waals surface area (Å²) in [5, 5.41) is 10.3. The van der Waals surface area contributed by atoms with Crippen molar-refractivity contribution in [1.82, 2.24) is 20.4 Å². The van der Waals surface area contributed by atoms with Crippen molar-refractivity contribution >= 4 is 29.1 Å². The molecule has 1 saturated heterocycles. The molecule has 0 aliphatic carbocycles. The minimum Gasteiger partial charge on any atom is -0.352 e. The lowest BCUT2D eigenvalue weighted by Crippen LogP contribution is -2.31. The fourth-order valence-electron chi connectivity index (χ4n) is 2.21. The first-order valence-corrected chi connectivity index (χ1v) is 7.05. The summed E-state index contributed by atoms with van der Waals surface area (Å²) in [5.74, 6) is 0.240. The van der Waals surface area contributed by atoms with Crippen LogP contribution < -0.4 is 5.32 Å². The van der Waals surface area contributed by atoms with Crippen LogP contribution in [0.15, 0.2) is 6.07 Å². The van der Waals surface area contributed by atoms with Crippen LogP contribution in [-0.4, -0.2) is 47.2 Å². The Morgan fingerprint density at radius 1 is 1.53 bits per heavy atom. The van der Waals surface area contributed by atoms with E-state index in [9.17, 15) is 4.79 Å². The predicted octanol–water partition coefficient (Wildman–Crippen LogP) is 1.85. The lowest BCUT2D eigenvalue weighted by Gasteiger charge is -2.13. The first-order chi connectivity index (χ1) is 9.10. The van der Waals surface area contributed by atoms with Crippen LogP contribution in [0.25, 0.3) is 0 Å². The smallest absolute Gasteiger partial charge is 0.254 e. The zero-order valence-corrected chi connectivity index (χ0v) is 12.2. The van der Waals surface area contributed by atoms with Crippen LogP contribution in [-0.2, 0) is 0 Å². The van der Waals surface area contributed by atoms with Crippen molar-refractivity contribution in [3.63, 3.8) is 0 Å². The summed E-state index contributed by atoms with van der Waals surface area (Å²) in [4.78, 5) is 14.4. The van der Waals surface area contributed by atoms with Crippen molar-refractivity contribution in [2.24, 2.45) is 5.92 Å². The van der Waals surface area contributed by atoms with Crippen LogP contribution in [0.2, 0.25) is 10.3 Å². The van der Waals surface area contributed by atoms with Gasteiger partial charge in [0.1, 0.15) is 0 Å². The Morgan fingerprint density at radius 2 is 2.32 bits per heavy atom. The molecule has 1 unspecified atom stereocenters. The fourth-order valence-corrected chi connectivity index (χ4v) is 2.54. The molecular weight excluding hydrogens is 287 g/mol. The van der Waals surface area contributed by atoms with E-state index in [1.807, 2.05) is 0 Å². The summed E-state index contributed by atoms with van der Waals surface area (Å²) in [6, 6.07) is 1.43. The number of nitrogens with zero attached hydrogens (tertiary/aromatic N) is 3. The molecule has 1 aliphatic heterocycles. The van der Waals surface area contributed by atoms with Gasteiger partial charge in [-0.3, -0.25) is 4.79 Å². The molecule has 0 aromatic carbocycles. The average Bonchev–Trinajstić information content (AvgIpc) is 2.87. The molecule has 0 radical (unpaired) electrons. The van der Waals surface area contributed by atoms with Gasteiger partial charge in [0.25, 0.3) is 5.91 Å². The predicted molar refractivity (Wildman–Crippen MR) is 74.6 cm³/mol. The summed E-state index contributed by atoms with van der Waals surface area (Å²) in [7, 11) is 0. The van der Waals surface area contributed by atoms with Gasteiger partial charge in [-0.1, -0.05) is 30.1 Å². The number of hydrogen-bond acceptors (Lipinski definition) is 4. The largest absolute Gasteiger partial charge is 0.352 e. The van der Waals surface area contributed by atoms with E-state index in [1.165, 1.54) is 6.07 Å². The monoisotopic (exact) mass is 302 g/mol. The third-order valence-corrected chi connectivity index (χ3v) is 3.80. The maximum absolute atomic E-state index is 12.0. The topological polar surface area (TPSA) is 58.1 Å². The second-order valence-electron chi connectivity index (χ2n) is 4.63. The van der Waals surface area contributed by atoms with Crippen LogP contribution in [0, 0.1) is 5.92 Å². The van der Waals surface area contributed by atoms with Gasteiger partial charge < -0.3 is 10.2 Å². The summed E-state index contributed by atoms with van der Waals surface area (Å²) in [6.07, 6.45) is 1.11. The number of carbonyl (C=O) groups is 1. The minimum atomic E-state index is -0.253. The lowest BCUT2D eigenvalue weighted by atomic mass is 10.1. The van der Waals surface area contributed by atoms with Gasteiger partial charge in [0.05, 0.1) is 5.56 Å². The average molecular weight is 303 g/mol. The molecule has 5 nitrogen and oxygen atoms in total. The number of carbonyl (C=O) groups excluding carboxylic acids is 1. The first-order valence-electron chi connectivity index (χ1n) is 6.29. The molecule has 0 saturated carbocycles.